The molecule has 1 N–H and O–H groups in total. The molecule has 0 saturated heterocycles. The lowest BCUT2D eigenvalue weighted by Gasteiger charge is -2.09. The van der Waals surface area contributed by atoms with Gasteiger partial charge in [-0.15, -0.1) is 0 Å². The van der Waals surface area contributed by atoms with E-state index in [2.05, 4.69) is 28.5 Å². The van der Waals surface area contributed by atoms with Crippen molar-refractivity contribution >= 4 is 22.6 Å². The average molecular weight is 242 g/mol. The molecule has 0 aliphatic heterocycles. The van der Waals surface area contributed by atoms with Crippen LogP contribution in [0.5, 0.6) is 0 Å². The third-order valence-electron chi connectivity index (χ3n) is 2.07. The molecule has 1 rings (SSSR count). The molecular formula is C10H18N4OS. The molecule has 1 aromatic rings. The molecule has 5 nitrogen and oxygen atoms in total. The van der Waals surface area contributed by atoms with Gasteiger partial charge in [0.25, 0.3) is 0 Å². The van der Waals surface area contributed by atoms with E-state index in [0.717, 1.165) is 11.0 Å². The Bertz CT molecular complexity index is 348. The van der Waals surface area contributed by atoms with E-state index in [1.165, 1.54) is 11.5 Å². The summed E-state index contributed by atoms with van der Waals surface area (Å²) in [6.07, 6.45) is 0.476. The van der Waals surface area contributed by atoms with Gasteiger partial charge in [0.15, 0.2) is 0 Å². The van der Waals surface area contributed by atoms with Crippen LogP contribution in [-0.4, -0.2) is 40.8 Å². The molecule has 0 aliphatic carbocycles. The molecule has 1 aromatic heterocycles. The van der Waals surface area contributed by atoms with Crippen LogP contribution in [0.2, 0.25) is 0 Å². The Balaban J connectivity index is 2.35. The molecule has 0 fully saturated rings. The molecular weight excluding hydrogens is 224 g/mol. The second-order valence-corrected chi connectivity index (χ2v) is 4.83. The maximum atomic E-state index is 11.3. The zero-order chi connectivity index (χ0) is 12.1. The lowest BCUT2D eigenvalue weighted by molar-refractivity contribution is -0.128. The van der Waals surface area contributed by atoms with Crippen molar-refractivity contribution < 1.29 is 4.79 Å². The Hall–Kier alpha value is -1.17. The second-order valence-electron chi connectivity index (χ2n) is 4.08. The van der Waals surface area contributed by atoms with Crippen LogP contribution in [0.15, 0.2) is 0 Å². The third-order valence-corrected chi connectivity index (χ3v) is 2.76. The van der Waals surface area contributed by atoms with Gasteiger partial charge in [-0.1, -0.05) is 13.8 Å². The molecule has 0 radical (unpaired) electrons. The molecule has 6 heteroatoms. The largest absolute Gasteiger partial charge is 0.360 e. The van der Waals surface area contributed by atoms with Crippen LogP contribution in [0.25, 0.3) is 0 Å². The van der Waals surface area contributed by atoms with Crippen LogP contribution in [0, 0.1) is 0 Å². The van der Waals surface area contributed by atoms with Crippen molar-refractivity contribution in [1.29, 1.82) is 0 Å². The molecule has 0 saturated carbocycles. The summed E-state index contributed by atoms with van der Waals surface area (Å²) in [6, 6.07) is 0. The summed E-state index contributed by atoms with van der Waals surface area (Å²) in [5.41, 5.74) is 0. The van der Waals surface area contributed by atoms with Crippen LogP contribution in [-0.2, 0) is 4.79 Å². The van der Waals surface area contributed by atoms with E-state index in [9.17, 15) is 4.79 Å². The number of nitrogens with zero attached hydrogens (tertiary/aromatic N) is 3. The minimum Gasteiger partial charge on any atom is -0.360 e. The minimum atomic E-state index is 0.112. The molecule has 0 aliphatic rings. The predicted octanol–water partition coefficient (Wildman–Crippen LogP) is 1.55. The summed E-state index contributed by atoms with van der Waals surface area (Å²) in [6.45, 7) is 4.71. The summed E-state index contributed by atoms with van der Waals surface area (Å²) in [5.74, 6) is 1.31. The van der Waals surface area contributed by atoms with E-state index in [4.69, 9.17) is 0 Å². The van der Waals surface area contributed by atoms with Crippen molar-refractivity contribution in [3.8, 4) is 0 Å². The van der Waals surface area contributed by atoms with Gasteiger partial charge >= 0.3 is 0 Å². The van der Waals surface area contributed by atoms with Gasteiger partial charge in [0.05, 0.1) is 0 Å². The lowest BCUT2D eigenvalue weighted by atomic mass is 10.2. The molecule has 1 amide bonds. The second kappa shape index (κ2) is 5.79. The quantitative estimate of drug-likeness (QED) is 0.851. The van der Waals surface area contributed by atoms with Gasteiger partial charge in [-0.2, -0.15) is 4.37 Å². The molecule has 0 spiro atoms. The lowest BCUT2D eigenvalue weighted by Crippen LogP contribution is -2.23. The normalized spacial score (nSPS) is 10.6. The first kappa shape index (κ1) is 12.9. The number of aromatic nitrogens is 2. The van der Waals surface area contributed by atoms with E-state index in [1.54, 1.807) is 19.0 Å². The number of carbonyl (C=O) groups excluding carboxylic acids is 1. The highest BCUT2D eigenvalue weighted by molar-refractivity contribution is 7.09. The number of nitrogens with one attached hydrogen (secondary N) is 1. The first-order valence-electron chi connectivity index (χ1n) is 5.28. The van der Waals surface area contributed by atoms with Gasteiger partial charge in [0.2, 0.25) is 11.0 Å². The van der Waals surface area contributed by atoms with Crippen molar-refractivity contribution in [3.05, 3.63) is 5.82 Å². The van der Waals surface area contributed by atoms with Crippen LogP contribution < -0.4 is 5.32 Å². The molecule has 0 aromatic carbocycles. The third kappa shape index (κ3) is 3.77. The molecule has 0 bridgehead atoms. The van der Waals surface area contributed by atoms with Gasteiger partial charge in [-0.05, 0) is 0 Å². The molecule has 1 heterocycles. The maximum absolute atomic E-state index is 11.3. The maximum Gasteiger partial charge on any atom is 0.223 e. The van der Waals surface area contributed by atoms with Crippen LogP contribution in [0.3, 0.4) is 0 Å². The summed E-state index contributed by atoms with van der Waals surface area (Å²) >= 11 is 1.34. The molecule has 90 valence electrons. The summed E-state index contributed by atoms with van der Waals surface area (Å²) in [7, 11) is 3.51. The van der Waals surface area contributed by atoms with Crippen molar-refractivity contribution in [2.75, 3.05) is 26.0 Å². The van der Waals surface area contributed by atoms with Crippen LogP contribution in [0.1, 0.15) is 32.0 Å². The highest BCUT2D eigenvalue weighted by Gasteiger charge is 2.08. The number of anilines is 1. The monoisotopic (exact) mass is 242 g/mol. The van der Waals surface area contributed by atoms with E-state index in [0.29, 0.717) is 18.9 Å². The summed E-state index contributed by atoms with van der Waals surface area (Å²) in [4.78, 5) is 17.2. The van der Waals surface area contributed by atoms with Crippen molar-refractivity contribution in [2.45, 2.75) is 26.2 Å². The zero-order valence-electron chi connectivity index (χ0n) is 10.1. The SMILES string of the molecule is CC(C)c1nsc(NCCC(=O)N(C)C)n1. The number of carbonyl (C=O) groups is 1. The van der Waals surface area contributed by atoms with E-state index in [-0.39, 0.29) is 5.91 Å². The zero-order valence-corrected chi connectivity index (χ0v) is 11.0. The van der Waals surface area contributed by atoms with E-state index < -0.39 is 0 Å². The topological polar surface area (TPSA) is 58.1 Å². The Morgan fingerprint density at radius 1 is 1.50 bits per heavy atom. The van der Waals surface area contributed by atoms with E-state index >= 15 is 0 Å². The van der Waals surface area contributed by atoms with E-state index in [1.807, 2.05) is 0 Å². The van der Waals surface area contributed by atoms with Gasteiger partial charge in [0.1, 0.15) is 5.82 Å². The Kier molecular flexibility index (Phi) is 4.67. The molecule has 0 unspecified atom stereocenters. The first-order valence-corrected chi connectivity index (χ1v) is 6.05. The first-order chi connectivity index (χ1) is 7.50. The number of hydrogen-bond donors (Lipinski definition) is 1. The highest BCUT2D eigenvalue weighted by atomic mass is 32.1. The van der Waals surface area contributed by atoms with Gasteiger partial charge in [-0.25, -0.2) is 4.98 Å². The van der Waals surface area contributed by atoms with Crippen LogP contribution in [0.4, 0.5) is 5.13 Å². The predicted molar refractivity (Wildman–Crippen MR) is 65.8 cm³/mol. The fourth-order valence-electron chi connectivity index (χ4n) is 1.04. The van der Waals surface area contributed by atoms with Crippen molar-refractivity contribution in [1.82, 2.24) is 14.3 Å². The van der Waals surface area contributed by atoms with Crippen molar-refractivity contribution in [2.24, 2.45) is 0 Å². The standard InChI is InChI=1S/C10H18N4OS/c1-7(2)9-12-10(16-13-9)11-6-5-8(15)14(3)4/h7H,5-6H2,1-4H3,(H,11,12,13). The summed E-state index contributed by atoms with van der Waals surface area (Å²) in [5, 5.41) is 3.89. The smallest absolute Gasteiger partial charge is 0.223 e. The molecule has 16 heavy (non-hydrogen) atoms. The number of amides is 1. The minimum absolute atomic E-state index is 0.112. The van der Waals surface area contributed by atoms with Crippen molar-refractivity contribution in [3.63, 3.8) is 0 Å². The van der Waals surface area contributed by atoms with Crippen LogP contribution >= 0.6 is 11.5 Å². The fourth-order valence-corrected chi connectivity index (χ4v) is 1.77. The molecule has 0 atom stereocenters. The average Bonchev–Trinajstić information content (AvgIpc) is 2.66. The van der Waals surface area contributed by atoms with Gasteiger partial charge in [0, 0.05) is 44.5 Å². The summed E-state index contributed by atoms with van der Waals surface area (Å²) < 4.78 is 4.22. The van der Waals surface area contributed by atoms with Gasteiger partial charge < -0.3 is 10.2 Å². The van der Waals surface area contributed by atoms with Gasteiger partial charge in [-0.3, -0.25) is 4.79 Å². The Morgan fingerprint density at radius 3 is 2.69 bits per heavy atom. The fraction of sp³-hybridized carbons (Fsp3) is 0.700. The number of rotatable bonds is 5. The Labute approximate surface area is 100 Å². The highest BCUT2D eigenvalue weighted by Crippen LogP contribution is 2.16. The number of hydrogen-bond acceptors (Lipinski definition) is 5. The Morgan fingerprint density at radius 2 is 2.19 bits per heavy atom.